The van der Waals surface area contributed by atoms with E-state index in [2.05, 4.69) is 48.5 Å². The van der Waals surface area contributed by atoms with Crippen molar-refractivity contribution < 1.29 is 9.53 Å². The molecule has 0 aliphatic heterocycles. The number of benzene rings is 1. The maximum absolute atomic E-state index is 11.9. The van der Waals surface area contributed by atoms with Gasteiger partial charge in [-0.15, -0.1) is 11.8 Å². The molecule has 1 rings (SSSR count). The van der Waals surface area contributed by atoms with Gasteiger partial charge in [-0.1, -0.05) is 39.0 Å². The van der Waals surface area contributed by atoms with Gasteiger partial charge in [0, 0.05) is 44.9 Å². The predicted molar refractivity (Wildman–Crippen MR) is 114 cm³/mol. The highest BCUT2D eigenvalue weighted by Gasteiger charge is 2.24. The molecule has 0 bridgehead atoms. The second kappa shape index (κ2) is 11.9. The molecule has 1 aromatic carbocycles. The average molecular weight is 395 g/mol. The third-order valence-corrected chi connectivity index (χ3v) is 5.00. The van der Waals surface area contributed by atoms with Crippen molar-refractivity contribution in [3.8, 4) is 0 Å². The summed E-state index contributed by atoms with van der Waals surface area (Å²) in [4.78, 5) is 19.0. The Morgan fingerprint density at radius 2 is 1.89 bits per heavy atom. The molecule has 1 atom stereocenters. The van der Waals surface area contributed by atoms with Gasteiger partial charge in [0.1, 0.15) is 6.54 Å². The summed E-state index contributed by atoms with van der Waals surface area (Å²) in [5, 5.41) is 6.61. The lowest BCUT2D eigenvalue weighted by atomic mass is 9.89. The molecule has 1 unspecified atom stereocenters. The van der Waals surface area contributed by atoms with Crippen LogP contribution in [0.1, 0.15) is 20.8 Å². The third-order valence-electron chi connectivity index (χ3n) is 3.98. The number of hydrogen-bond acceptors (Lipinski definition) is 4. The highest BCUT2D eigenvalue weighted by molar-refractivity contribution is 7.99. The Labute approximate surface area is 168 Å². The lowest BCUT2D eigenvalue weighted by Gasteiger charge is -2.30. The first-order valence-corrected chi connectivity index (χ1v) is 10.2. The molecule has 0 aliphatic carbocycles. The average Bonchev–Trinajstić information content (AvgIpc) is 2.62. The summed E-state index contributed by atoms with van der Waals surface area (Å²) in [6, 6.07) is 10.3. The van der Waals surface area contributed by atoms with Crippen molar-refractivity contribution in [2.45, 2.75) is 31.8 Å². The molecule has 0 aliphatic rings. The van der Waals surface area contributed by atoms with E-state index in [-0.39, 0.29) is 24.0 Å². The second-order valence-electron chi connectivity index (χ2n) is 7.51. The number of ether oxygens (including phenoxy) is 1. The highest BCUT2D eigenvalue weighted by atomic mass is 32.2. The van der Waals surface area contributed by atoms with E-state index in [4.69, 9.17) is 4.74 Å². The molecule has 0 fully saturated rings. The SMILES string of the molecule is COC(CNC(=NCC(=O)N(C)C)NCCSc1ccccc1)C(C)(C)C. The quantitative estimate of drug-likeness (QED) is 0.291. The molecule has 0 radical (unpaired) electrons. The van der Waals surface area contributed by atoms with Crippen molar-refractivity contribution in [3.05, 3.63) is 30.3 Å². The zero-order valence-corrected chi connectivity index (χ0v) is 18.2. The van der Waals surface area contributed by atoms with Crippen LogP contribution in [0.2, 0.25) is 0 Å². The van der Waals surface area contributed by atoms with Crippen LogP contribution in [0.15, 0.2) is 40.2 Å². The highest BCUT2D eigenvalue weighted by Crippen LogP contribution is 2.21. The molecule has 152 valence electrons. The number of nitrogens with zero attached hydrogens (tertiary/aromatic N) is 2. The van der Waals surface area contributed by atoms with Gasteiger partial charge in [-0.25, -0.2) is 4.99 Å². The predicted octanol–water partition coefficient (Wildman–Crippen LogP) is 2.46. The monoisotopic (exact) mass is 394 g/mol. The van der Waals surface area contributed by atoms with Crippen molar-refractivity contribution in [2.24, 2.45) is 10.4 Å². The first-order chi connectivity index (χ1) is 12.7. The van der Waals surface area contributed by atoms with Gasteiger partial charge < -0.3 is 20.3 Å². The fourth-order valence-corrected chi connectivity index (χ4v) is 3.04. The smallest absolute Gasteiger partial charge is 0.243 e. The van der Waals surface area contributed by atoms with Crippen LogP contribution < -0.4 is 10.6 Å². The molecule has 7 heteroatoms. The number of carbonyl (C=O) groups is 1. The maximum Gasteiger partial charge on any atom is 0.243 e. The largest absolute Gasteiger partial charge is 0.379 e. The minimum atomic E-state index is -0.0335. The number of methoxy groups -OCH3 is 1. The molecular weight excluding hydrogens is 360 g/mol. The van der Waals surface area contributed by atoms with Gasteiger partial charge in [0.2, 0.25) is 5.91 Å². The van der Waals surface area contributed by atoms with Gasteiger partial charge in [0.15, 0.2) is 5.96 Å². The van der Waals surface area contributed by atoms with E-state index >= 15 is 0 Å². The van der Waals surface area contributed by atoms with Gasteiger partial charge in [0.05, 0.1) is 6.10 Å². The van der Waals surface area contributed by atoms with E-state index in [1.807, 2.05) is 18.2 Å². The lowest BCUT2D eigenvalue weighted by molar-refractivity contribution is -0.127. The van der Waals surface area contributed by atoms with Crippen LogP contribution in [0.5, 0.6) is 0 Å². The van der Waals surface area contributed by atoms with Crippen molar-refractivity contribution in [1.29, 1.82) is 0 Å². The number of likely N-dealkylation sites (N-methyl/N-ethyl adjacent to an activating group) is 1. The van der Waals surface area contributed by atoms with E-state index < -0.39 is 0 Å². The molecule has 6 nitrogen and oxygen atoms in total. The maximum atomic E-state index is 11.9. The van der Waals surface area contributed by atoms with Crippen LogP contribution in [0.3, 0.4) is 0 Å². The molecule has 0 saturated heterocycles. The summed E-state index contributed by atoms with van der Waals surface area (Å²) in [5.41, 5.74) is 0.00940. The number of hydrogen-bond donors (Lipinski definition) is 2. The summed E-state index contributed by atoms with van der Waals surface area (Å²) < 4.78 is 5.59. The van der Waals surface area contributed by atoms with Gasteiger partial charge in [0.25, 0.3) is 0 Å². The van der Waals surface area contributed by atoms with Crippen LogP contribution in [0.25, 0.3) is 0 Å². The summed E-state index contributed by atoms with van der Waals surface area (Å²) in [7, 11) is 5.18. The second-order valence-corrected chi connectivity index (χ2v) is 8.68. The van der Waals surface area contributed by atoms with Crippen molar-refractivity contribution in [3.63, 3.8) is 0 Å². The Bertz CT molecular complexity index is 585. The Balaban J connectivity index is 2.58. The molecule has 2 N–H and O–H groups in total. The van der Waals surface area contributed by atoms with Crippen LogP contribution >= 0.6 is 11.8 Å². The standard InChI is InChI=1S/C20H34N4O2S/c1-20(2,3)17(26-6)14-22-19(23-15-18(25)24(4)5)21-12-13-27-16-10-8-7-9-11-16/h7-11,17H,12-15H2,1-6H3,(H2,21,22,23). The van der Waals surface area contributed by atoms with Crippen molar-refractivity contribution >= 4 is 23.6 Å². The van der Waals surface area contributed by atoms with Gasteiger partial charge >= 0.3 is 0 Å². The third kappa shape index (κ3) is 9.68. The molecule has 1 amide bonds. The van der Waals surface area contributed by atoms with Crippen LogP contribution in [0.4, 0.5) is 0 Å². The van der Waals surface area contributed by atoms with E-state index in [0.717, 1.165) is 12.3 Å². The van der Waals surface area contributed by atoms with Crippen molar-refractivity contribution in [1.82, 2.24) is 15.5 Å². The molecule has 0 saturated carbocycles. The van der Waals surface area contributed by atoms with Crippen LogP contribution in [-0.4, -0.2) is 69.5 Å². The van der Waals surface area contributed by atoms with E-state index in [1.54, 1.807) is 37.9 Å². The van der Waals surface area contributed by atoms with E-state index in [1.165, 1.54) is 4.90 Å². The Morgan fingerprint density at radius 3 is 2.44 bits per heavy atom. The van der Waals surface area contributed by atoms with Crippen molar-refractivity contribution in [2.75, 3.05) is 46.6 Å². The number of guanidine groups is 1. The first kappa shape index (κ1) is 23.3. The van der Waals surface area contributed by atoms with Crippen LogP contribution in [-0.2, 0) is 9.53 Å². The Kier molecular flexibility index (Phi) is 10.3. The number of aliphatic imine (C=N–C) groups is 1. The number of thioether (sulfide) groups is 1. The number of carbonyl (C=O) groups excluding carboxylic acids is 1. The van der Waals surface area contributed by atoms with E-state index in [0.29, 0.717) is 12.5 Å². The summed E-state index contributed by atoms with van der Waals surface area (Å²) in [6.45, 7) is 7.89. The molecule has 0 spiro atoms. The lowest BCUT2D eigenvalue weighted by Crippen LogP contribution is -2.46. The summed E-state index contributed by atoms with van der Waals surface area (Å²) in [5.74, 6) is 1.50. The zero-order chi connectivity index (χ0) is 20.3. The molecule has 0 heterocycles. The van der Waals surface area contributed by atoms with Gasteiger partial charge in [-0.2, -0.15) is 0 Å². The number of rotatable bonds is 9. The zero-order valence-electron chi connectivity index (χ0n) is 17.4. The van der Waals surface area contributed by atoms with Gasteiger partial charge in [-0.05, 0) is 17.5 Å². The molecule has 1 aromatic rings. The Morgan fingerprint density at radius 1 is 1.22 bits per heavy atom. The normalized spacial score (nSPS) is 13.2. The fraction of sp³-hybridized carbons (Fsp3) is 0.600. The summed E-state index contributed by atoms with van der Waals surface area (Å²) in [6.07, 6.45) is 0.0349. The molecule has 0 aromatic heterocycles. The first-order valence-electron chi connectivity index (χ1n) is 9.17. The Hall–Kier alpha value is -1.73. The summed E-state index contributed by atoms with van der Waals surface area (Å²) >= 11 is 1.78. The fourth-order valence-electron chi connectivity index (χ4n) is 2.25. The molecule has 27 heavy (non-hydrogen) atoms. The minimum absolute atomic E-state index is 0.00940. The minimum Gasteiger partial charge on any atom is -0.379 e. The number of amides is 1. The van der Waals surface area contributed by atoms with Crippen LogP contribution in [0, 0.1) is 5.41 Å². The topological polar surface area (TPSA) is 66.0 Å². The van der Waals surface area contributed by atoms with E-state index in [9.17, 15) is 4.79 Å². The molecular formula is C20H34N4O2S. The number of nitrogens with one attached hydrogen (secondary N) is 2. The van der Waals surface area contributed by atoms with Gasteiger partial charge in [-0.3, -0.25) is 4.79 Å².